The number of nitrogens with zero attached hydrogens (tertiary/aromatic N) is 1. The molecule has 30 heavy (non-hydrogen) atoms. The highest BCUT2D eigenvalue weighted by molar-refractivity contribution is 7.92. The third kappa shape index (κ3) is 5.62. The largest absolute Gasteiger partial charge is 0.348 e. The number of benzene rings is 3. The molecule has 0 saturated carbocycles. The summed E-state index contributed by atoms with van der Waals surface area (Å²) in [6.45, 7) is 2.53. The third-order valence-electron chi connectivity index (χ3n) is 4.63. The number of amides is 1. The van der Waals surface area contributed by atoms with Crippen molar-refractivity contribution < 1.29 is 13.2 Å². The van der Waals surface area contributed by atoms with E-state index in [0.29, 0.717) is 28.4 Å². The van der Waals surface area contributed by atoms with Crippen LogP contribution >= 0.6 is 11.6 Å². The van der Waals surface area contributed by atoms with Gasteiger partial charge in [-0.2, -0.15) is 0 Å². The quantitative estimate of drug-likeness (QED) is 0.584. The Balaban J connectivity index is 1.74. The molecule has 3 aromatic rings. The van der Waals surface area contributed by atoms with E-state index in [9.17, 15) is 13.2 Å². The van der Waals surface area contributed by atoms with Gasteiger partial charge in [0, 0.05) is 17.1 Å². The summed E-state index contributed by atoms with van der Waals surface area (Å²) in [6, 6.07) is 21.5. The summed E-state index contributed by atoms with van der Waals surface area (Å²) < 4.78 is 26.0. The van der Waals surface area contributed by atoms with E-state index >= 15 is 0 Å². The Morgan fingerprint density at radius 3 is 2.33 bits per heavy atom. The number of carbonyl (C=O) groups is 1. The maximum Gasteiger partial charge on any atom is 0.251 e. The molecule has 7 heteroatoms. The summed E-state index contributed by atoms with van der Waals surface area (Å²) in [5.74, 6) is -0.222. The van der Waals surface area contributed by atoms with Crippen molar-refractivity contribution in [2.75, 3.05) is 10.6 Å². The summed E-state index contributed by atoms with van der Waals surface area (Å²) in [5, 5.41) is 3.38. The molecule has 0 aliphatic rings. The standard InChI is InChI=1S/C23H23ClN2O3S/c1-17-6-5-7-18(14-17)15-25-23(27)19-10-12-21(13-11-19)26(30(2,28)29)16-20-8-3-4-9-22(20)24/h3-14H,15-16H2,1-2H3,(H,25,27). The molecule has 3 aromatic carbocycles. The summed E-state index contributed by atoms with van der Waals surface area (Å²) in [7, 11) is -3.54. The molecule has 0 fully saturated rings. The minimum Gasteiger partial charge on any atom is -0.348 e. The summed E-state index contributed by atoms with van der Waals surface area (Å²) >= 11 is 6.19. The van der Waals surface area contributed by atoms with Crippen molar-refractivity contribution in [1.29, 1.82) is 0 Å². The second kappa shape index (κ2) is 9.32. The second-order valence-corrected chi connectivity index (χ2v) is 9.39. The first-order chi connectivity index (χ1) is 14.2. The molecule has 0 spiro atoms. The van der Waals surface area contributed by atoms with Crippen molar-refractivity contribution in [2.45, 2.75) is 20.0 Å². The minimum absolute atomic E-state index is 0.109. The number of hydrogen-bond donors (Lipinski definition) is 1. The van der Waals surface area contributed by atoms with E-state index in [1.54, 1.807) is 42.5 Å². The number of nitrogens with one attached hydrogen (secondary N) is 1. The lowest BCUT2D eigenvalue weighted by Crippen LogP contribution is -2.29. The molecule has 156 valence electrons. The van der Waals surface area contributed by atoms with Gasteiger partial charge >= 0.3 is 0 Å². The number of sulfonamides is 1. The van der Waals surface area contributed by atoms with Crippen LogP contribution in [0.2, 0.25) is 5.02 Å². The number of aryl methyl sites for hydroxylation is 1. The zero-order valence-corrected chi connectivity index (χ0v) is 18.4. The molecule has 0 heterocycles. The zero-order valence-electron chi connectivity index (χ0n) is 16.8. The maximum atomic E-state index is 12.5. The average molecular weight is 443 g/mol. The lowest BCUT2D eigenvalue weighted by Gasteiger charge is -2.23. The molecule has 0 radical (unpaired) electrons. The highest BCUT2D eigenvalue weighted by Gasteiger charge is 2.19. The van der Waals surface area contributed by atoms with Crippen LogP contribution in [-0.4, -0.2) is 20.6 Å². The highest BCUT2D eigenvalue weighted by atomic mass is 35.5. The third-order valence-corrected chi connectivity index (χ3v) is 6.13. The zero-order chi connectivity index (χ0) is 21.7. The lowest BCUT2D eigenvalue weighted by atomic mass is 10.1. The Hall–Kier alpha value is -2.83. The van der Waals surface area contributed by atoms with Gasteiger partial charge in [0.25, 0.3) is 5.91 Å². The molecule has 1 N–H and O–H groups in total. The number of rotatable bonds is 7. The predicted octanol–water partition coefficient (Wildman–Crippen LogP) is 4.54. The highest BCUT2D eigenvalue weighted by Crippen LogP contribution is 2.24. The van der Waals surface area contributed by atoms with E-state index < -0.39 is 10.0 Å². The van der Waals surface area contributed by atoms with Crippen molar-refractivity contribution in [3.8, 4) is 0 Å². The topological polar surface area (TPSA) is 66.5 Å². The minimum atomic E-state index is -3.54. The van der Waals surface area contributed by atoms with E-state index in [-0.39, 0.29) is 12.5 Å². The number of carbonyl (C=O) groups excluding carboxylic acids is 1. The normalized spacial score (nSPS) is 11.2. The van der Waals surface area contributed by atoms with E-state index in [4.69, 9.17) is 11.6 Å². The monoisotopic (exact) mass is 442 g/mol. The fraction of sp³-hybridized carbons (Fsp3) is 0.174. The molecule has 0 aromatic heterocycles. The fourth-order valence-corrected chi connectivity index (χ4v) is 4.14. The van der Waals surface area contributed by atoms with Gasteiger partial charge in [0.1, 0.15) is 0 Å². The Bertz CT molecular complexity index is 1150. The SMILES string of the molecule is Cc1cccc(CNC(=O)c2ccc(N(Cc3ccccc3Cl)S(C)(=O)=O)cc2)c1. The van der Waals surface area contributed by atoms with Crippen LogP contribution in [0.3, 0.4) is 0 Å². The van der Waals surface area contributed by atoms with Gasteiger partial charge in [0.2, 0.25) is 10.0 Å². The summed E-state index contributed by atoms with van der Waals surface area (Å²) in [4.78, 5) is 12.5. The van der Waals surface area contributed by atoms with Gasteiger partial charge in [0.15, 0.2) is 0 Å². The average Bonchev–Trinajstić information content (AvgIpc) is 2.71. The Morgan fingerprint density at radius 2 is 1.70 bits per heavy atom. The molecule has 1 amide bonds. The van der Waals surface area contributed by atoms with Crippen LogP contribution in [0.15, 0.2) is 72.8 Å². The van der Waals surface area contributed by atoms with E-state index in [2.05, 4.69) is 5.32 Å². The number of anilines is 1. The van der Waals surface area contributed by atoms with Gasteiger partial charge in [-0.25, -0.2) is 8.42 Å². The first-order valence-electron chi connectivity index (χ1n) is 9.39. The van der Waals surface area contributed by atoms with Crippen molar-refractivity contribution in [3.63, 3.8) is 0 Å². The van der Waals surface area contributed by atoms with E-state index in [1.165, 1.54) is 4.31 Å². The Kier molecular flexibility index (Phi) is 6.80. The molecule has 5 nitrogen and oxygen atoms in total. The molecule has 0 unspecified atom stereocenters. The van der Waals surface area contributed by atoms with Gasteiger partial charge in [0.05, 0.1) is 18.5 Å². The van der Waals surface area contributed by atoms with Crippen LogP contribution in [0.1, 0.15) is 27.0 Å². The van der Waals surface area contributed by atoms with Gasteiger partial charge in [-0.05, 0) is 48.4 Å². The van der Waals surface area contributed by atoms with Crippen LogP contribution in [0, 0.1) is 6.92 Å². The molecule has 0 saturated heterocycles. The fourth-order valence-electron chi connectivity index (χ4n) is 3.07. The van der Waals surface area contributed by atoms with Crippen LogP contribution in [0.25, 0.3) is 0 Å². The lowest BCUT2D eigenvalue weighted by molar-refractivity contribution is 0.0951. The molecule has 0 aliphatic carbocycles. The number of halogens is 1. The molecular formula is C23H23ClN2O3S. The van der Waals surface area contributed by atoms with Crippen molar-refractivity contribution in [3.05, 3.63) is 100 Å². The smallest absolute Gasteiger partial charge is 0.251 e. The Morgan fingerprint density at radius 1 is 1.00 bits per heavy atom. The van der Waals surface area contributed by atoms with Crippen LogP contribution in [0.4, 0.5) is 5.69 Å². The summed E-state index contributed by atoms with van der Waals surface area (Å²) in [6.07, 6.45) is 1.15. The van der Waals surface area contributed by atoms with Crippen molar-refractivity contribution in [1.82, 2.24) is 5.32 Å². The number of hydrogen-bond acceptors (Lipinski definition) is 3. The van der Waals surface area contributed by atoms with Crippen molar-refractivity contribution in [2.24, 2.45) is 0 Å². The van der Waals surface area contributed by atoms with Gasteiger partial charge < -0.3 is 5.32 Å². The van der Waals surface area contributed by atoms with Crippen LogP contribution < -0.4 is 9.62 Å². The molecule has 0 aliphatic heterocycles. The maximum absolute atomic E-state index is 12.5. The van der Waals surface area contributed by atoms with E-state index in [0.717, 1.165) is 17.4 Å². The van der Waals surface area contributed by atoms with Gasteiger partial charge in [-0.15, -0.1) is 0 Å². The first kappa shape index (κ1) is 21.9. The van der Waals surface area contributed by atoms with Crippen LogP contribution in [0.5, 0.6) is 0 Å². The van der Waals surface area contributed by atoms with Crippen LogP contribution in [-0.2, 0) is 23.1 Å². The molecule has 0 bridgehead atoms. The Labute approximate surface area is 182 Å². The first-order valence-corrected chi connectivity index (χ1v) is 11.6. The molecule has 0 atom stereocenters. The summed E-state index contributed by atoms with van der Waals surface area (Å²) in [5.41, 5.74) is 3.77. The van der Waals surface area contributed by atoms with Gasteiger partial charge in [-0.3, -0.25) is 9.10 Å². The second-order valence-electron chi connectivity index (χ2n) is 7.08. The molecule has 3 rings (SSSR count). The predicted molar refractivity (Wildman–Crippen MR) is 121 cm³/mol. The van der Waals surface area contributed by atoms with Crippen molar-refractivity contribution >= 4 is 33.2 Å². The van der Waals surface area contributed by atoms with Gasteiger partial charge in [-0.1, -0.05) is 59.6 Å². The van der Waals surface area contributed by atoms with E-state index in [1.807, 2.05) is 37.3 Å². The molecular weight excluding hydrogens is 420 g/mol.